The zero-order valence-corrected chi connectivity index (χ0v) is 23.8. The molecule has 0 fully saturated rings. The van der Waals surface area contributed by atoms with E-state index in [-0.39, 0.29) is 5.97 Å². The van der Waals surface area contributed by atoms with Crippen molar-refractivity contribution >= 4 is 17.9 Å². The van der Waals surface area contributed by atoms with Crippen LogP contribution in [0.5, 0.6) is 11.5 Å². The van der Waals surface area contributed by atoms with Crippen LogP contribution in [0.1, 0.15) is 51.3 Å². The predicted molar refractivity (Wildman–Crippen MR) is 157 cm³/mol. The summed E-state index contributed by atoms with van der Waals surface area (Å²) in [5.41, 5.74) is 3.03. The van der Waals surface area contributed by atoms with Gasteiger partial charge in [0, 0.05) is 33.3 Å². The van der Waals surface area contributed by atoms with E-state index in [1.54, 1.807) is 45.0 Å². The fourth-order valence-electron chi connectivity index (χ4n) is 3.51. The molecule has 3 aromatic rings. The molecule has 0 N–H and O–H groups in total. The van der Waals surface area contributed by atoms with E-state index in [4.69, 9.17) is 14.2 Å². The van der Waals surface area contributed by atoms with Gasteiger partial charge in [0.2, 0.25) is 0 Å². The number of hydrogen-bond donors (Lipinski definition) is 0. The Morgan fingerprint density at radius 3 is 1.38 bits per heavy atom. The van der Waals surface area contributed by atoms with Crippen molar-refractivity contribution in [2.45, 2.75) is 46.6 Å². The minimum absolute atomic E-state index is 0.312. The summed E-state index contributed by atoms with van der Waals surface area (Å²) in [6.45, 7) is 19.8. The van der Waals surface area contributed by atoms with Gasteiger partial charge < -0.3 is 14.2 Å². The SMILES string of the molecule is C=C(C)C(=O)OCc1ccccc1.C=C(C)C(=O)Oc1ccccc1C(C)(C)c1ccccc1OC(=O)C(=C)C. The smallest absolute Gasteiger partial charge is 0.338 e. The monoisotopic (exact) mass is 540 g/mol. The van der Waals surface area contributed by atoms with E-state index in [1.165, 1.54) is 0 Å². The molecule has 0 radical (unpaired) electrons. The lowest BCUT2D eigenvalue weighted by molar-refractivity contribution is -0.140. The number of hydrogen-bond acceptors (Lipinski definition) is 6. The summed E-state index contributed by atoms with van der Waals surface area (Å²) in [6.07, 6.45) is 0. The molecule has 0 aliphatic rings. The molecule has 0 aliphatic carbocycles. The molecule has 0 atom stereocenters. The Balaban J connectivity index is 0.000000360. The van der Waals surface area contributed by atoms with E-state index < -0.39 is 17.4 Å². The zero-order valence-electron chi connectivity index (χ0n) is 23.8. The fourth-order valence-corrected chi connectivity index (χ4v) is 3.51. The molecule has 0 spiro atoms. The molecule has 0 aliphatic heterocycles. The largest absolute Gasteiger partial charge is 0.457 e. The van der Waals surface area contributed by atoms with Crippen molar-refractivity contribution < 1.29 is 28.6 Å². The lowest BCUT2D eigenvalue weighted by atomic mass is 9.77. The molecule has 208 valence electrons. The van der Waals surface area contributed by atoms with Crippen LogP contribution in [0.15, 0.2) is 115 Å². The zero-order chi connectivity index (χ0) is 29.9. The van der Waals surface area contributed by atoms with Gasteiger partial charge in [-0.3, -0.25) is 0 Å². The lowest BCUT2D eigenvalue weighted by Gasteiger charge is -2.29. The number of benzene rings is 3. The van der Waals surface area contributed by atoms with Gasteiger partial charge in [0.05, 0.1) is 0 Å². The molecular weight excluding hydrogens is 504 g/mol. The molecule has 6 nitrogen and oxygen atoms in total. The first-order valence-electron chi connectivity index (χ1n) is 12.7. The van der Waals surface area contributed by atoms with E-state index in [0.29, 0.717) is 34.8 Å². The lowest BCUT2D eigenvalue weighted by Crippen LogP contribution is -2.23. The molecular formula is C34H36O6. The number of rotatable bonds is 9. The van der Waals surface area contributed by atoms with Crippen LogP contribution in [0.25, 0.3) is 0 Å². The first-order valence-corrected chi connectivity index (χ1v) is 12.7. The summed E-state index contributed by atoms with van der Waals surface area (Å²) >= 11 is 0. The highest BCUT2D eigenvalue weighted by atomic mass is 16.5. The Kier molecular flexibility index (Phi) is 11.4. The maximum absolute atomic E-state index is 12.0. The van der Waals surface area contributed by atoms with Gasteiger partial charge in [-0.25, -0.2) is 14.4 Å². The van der Waals surface area contributed by atoms with Crippen molar-refractivity contribution in [2.24, 2.45) is 0 Å². The van der Waals surface area contributed by atoms with Crippen LogP contribution in [0.4, 0.5) is 0 Å². The van der Waals surface area contributed by atoms with Gasteiger partial charge in [0.1, 0.15) is 18.1 Å². The van der Waals surface area contributed by atoms with Gasteiger partial charge in [0.15, 0.2) is 0 Å². The Morgan fingerprint density at radius 2 is 0.975 bits per heavy atom. The third-order valence-electron chi connectivity index (χ3n) is 5.78. The average molecular weight is 541 g/mol. The van der Waals surface area contributed by atoms with Gasteiger partial charge in [-0.15, -0.1) is 0 Å². The number of carbonyl (C=O) groups excluding carboxylic acids is 3. The van der Waals surface area contributed by atoms with E-state index in [1.807, 2.05) is 68.4 Å². The molecule has 0 heterocycles. The molecule has 3 rings (SSSR count). The van der Waals surface area contributed by atoms with Crippen molar-refractivity contribution in [1.82, 2.24) is 0 Å². The molecule has 6 heteroatoms. The first kappa shape index (κ1) is 31.5. The summed E-state index contributed by atoms with van der Waals surface area (Å²) in [5, 5.41) is 0. The van der Waals surface area contributed by atoms with Crippen LogP contribution in [0.2, 0.25) is 0 Å². The third kappa shape index (κ3) is 8.95. The van der Waals surface area contributed by atoms with Crippen LogP contribution in [-0.2, 0) is 31.1 Å². The second kappa shape index (κ2) is 14.4. The van der Waals surface area contributed by atoms with Crippen molar-refractivity contribution in [3.05, 3.63) is 132 Å². The topological polar surface area (TPSA) is 78.9 Å². The Morgan fingerprint density at radius 1 is 0.600 bits per heavy atom. The molecule has 0 amide bonds. The van der Waals surface area contributed by atoms with Crippen LogP contribution >= 0.6 is 0 Å². The molecule has 3 aromatic carbocycles. The highest BCUT2D eigenvalue weighted by Gasteiger charge is 2.31. The summed E-state index contributed by atoms with van der Waals surface area (Å²) in [6, 6.07) is 24.1. The van der Waals surface area contributed by atoms with Crippen molar-refractivity contribution in [3.8, 4) is 11.5 Å². The van der Waals surface area contributed by atoms with Crippen LogP contribution in [0, 0.1) is 0 Å². The number of para-hydroxylation sites is 2. The van der Waals surface area contributed by atoms with Gasteiger partial charge in [0.25, 0.3) is 0 Å². The van der Waals surface area contributed by atoms with Crippen molar-refractivity contribution in [3.63, 3.8) is 0 Å². The first-order chi connectivity index (χ1) is 18.8. The van der Waals surface area contributed by atoms with E-state index >= 15 is 0 Å². The minimum atomic E-state index is -0.599. The fraction of sp³-hybridized carbons (Fsp3) is 0.206. The van der Waals surface area contributed by atoms with E-state index in [9.17, 15) is 14.4 Å². The highest BCUT2D eigenvalue weighted by molar-refractivity contribution is 5.90. The maximum Gasteiger partial charge on any atom is 0.338 e. The average Bonchev–Trinajstić information content (AvgIpc) is 2.92. The third-order valence-corrected chi connectivity index (χ3v) is 5.78. The number of esters is 3. The molecule has 0 bridgehead atoms. The highest BCUT2D eigenvalue weighted by Crippen LogP contribution is 2.41. The van der Waals surface area contributed by atoms with E-state index in [0.717, 1.165) is 16.7 Å². The summed E-state index contributed by atoms with van der Waals surface area (Å²) < 4.78 is 16.0. The maximum atomic E-state index is 12.0. The Bertz CT molecular complexity index is 1330. The summed E-state index contributed by atoms with van der Waals surface area (Å²) in [5.74, 6) is -0.433. The van der Waals surface area contributed by atoms with Gasteiger partial charge in [-0.1, -0.05) is 100 Å². The quantitative estimate of drug-likeness (QED) is 0.161. The second-order valence-electron chi connectivity index (χ2n) is 9.80. The number of carbonyl (C=O) groups is 3. The van der Waals surface area contributed by atoms with Crippen LogP contribution in [-0.4, -0.2) is 17.9 Å². The van der Waals surface area contributed by atoms with Crippen molar-refractivity contribution in [2.75, 3.05) is 0 Å². The summed E-state index contributed by atoms with van der Waals surface area (Å²) in [7, 11) is 0. The van der Waals surface area contributed by atoms with E-state index in [2.05, 4.69) is 19.7 Å². The number of ether oxygens (including phenoxy) is 3. The molecule has 0 saturated heterocycles. The van der Waals surface area contributed by atoms with Gasteiger partial charge >= 0.3 is 17.9 Å². The normalized spacial score (nSPS) is 10.3. The molecule has 0 saturated carbocycles. The Hall–Kier alpha value is -4.71. The summed E-state index contributed by atoms with van der Waals surface area (Å²) in [4.78, 5) is 35.0. The van der Waals surface area contributed by atoms with Crippen molar-refractivity contribution in [1.29, 1.82) is 0 Å². The predicted octanol–water partition coefficient (Wildman–Crippen LogP) is 7.28. The standard InChI is InChI=1S/C23H24O4.C11H12O2/c1-15(2)21(24)26-19-13-9-7-11-17(19)23(5,6)18-12-8-10-14-20(18)27-22(25)16(3)4;1-9(2)11(12)13-8-10-6-4-3-5-7-10/h7-14H,1,3H2,2,4-6H3;3-7H,1,8H2,2H3. The Labute approximate surface area is 236 Å². The second-order valence-corrected chi connectivity index (χ2v) is 9.80. The molecule has 40 heavy (non-hydrogen) atoms. The van der Waals surface area contributed by atoms with Crippen LogP contribution < -0.4 is 9.47 Å². The minimum Gasteiger partial charge on any atom is -0.457 e. The van der Waals surface area contributed by atoms with Gasteiger partial charge in [-0.05, 0) is 38.5 Å². The van der Waals surface area contributed by atoms with Gasteiger partial charge in [-0.2, -0.15) is 0 Å². The van der Waals surface area contributed by atoms with Crippen LogP contribution in [0.3, 0.4) is 0 Å². The molecule has 0 aromatic heterocycles. The molecule has 0 unspecified atom stereocenters.